The van der Waals surface area contributed by atoms with Crippen molar-refractivity contribution in [2.24, 2.45) is 10.8 Å². The van der Waals surface area contributed by atoms with E-state index in [4.69, 9.17) is 4.98 Å². The zero-order valence-corrected chi connectivity index (χ0v) is 31.4. The first kappa shape index (κ1) is 35.7. The third-order valence-corrected chi connectivity index (χ3v) is 8.86. The van der Waals surface area contributed by atoms with E-state index >= 15 is 0 Å². The molecule has 0 unspecified atom stereocenters. The van der Waals surface area contributed by atoms with E-state index in [0.717, 1.165) is 22.2 Å². The minimum atomic E-state index is -0.417. The maximum Gasteiger partial charge on any atom is 0.164 e. The Balaban J connectivity index is 0.000000307. The molecule has 6 rings (SSSR count). The van der Waals surface area contributed by atoms with Gasteiger partial charge in [-0.2, -0.15) is 5.26 Å². The molecule has 0 spiro atoms. The van der Waals surface area contributed by atoms with Crippen LogP contribution in [0.5, 0.6) is 0 Å². The molecular formula is C42H43IrN2O2-. The summed E-state index contributed by atoms with van der Waals surface area (Å²) < 4.78 is 0. The molecule has 47 heavy (non-hydrogen) atoms. The molecule has 0 aliphatic heterocycles. The first-order valence-corrected chi connectivity index (χ1v) is 15.8. The van der Waals surface area contributed by atoms with Crippen molar-refractivity contribution in [1.82, 2.24) is 4.98 Å². The van der Waals surface area contributed by atoms with Crippen LogP contribution in [0, 0.1) is 42.1 Å². The normalized spacial score (nSPS) is 13.6. The van der Waals surface area contributed by atoms with E-state index in [0.29, 0.717) is 5.56 Å². The Morgan fingerprint density at radius 3 is 2.09 bits per heavy atom. The van der Waals surface area contributed by atoms with E-state index in [1.807, 2.05) is 53.8 Å². The van der Waals surface area contributed by atoms with Crippen molar-refractivity contribution in [3.63, 3.8) is 0 Å². The number of carbonyl (C=O) groups excluding carboxylic acids is 1. The van der Waals surface area contributed by atoms with Crippen LogP contribution >= 0.6 is 0 Å². The number of nitrogens with zero attached hydrogens (tertiary/aromatic N) is 2. The molecule has 4 aromatic carbocycles. The fourth-order valence-corrected chi connectivity index (χ4v) is 6.26. The van der Waals surface area contributed by atoms with Crippen LogP contribution in [0.4, 0.5) is 0 Å². The Bertz CT molecular complexity index is 2080. The molecule has 1 heterocycles. The van der Waals surface area contributed by atoms with Crippen LogP contribution in [0.2, 0.25) is 0 Å². The van der Waals surface area contributed by atoms with Crippen LogP contribution in [0.15, 0.2) is 78.7 Å². The zero-order chi connectivity index (χ0) is 33.8. The van der Waals surface area contributed by atoms with Gasteiger partial charge in [-0.15, -0.1) is 34.9 Å². The summed E-state index contributed by atoms with van der Waals surface area (Å²) in [6.45, 7) is 19.9. The predicted octanol–water partition coefficient (Wildman–Crippen LogP) is 10.7. The maximum absolute atomic E-state index is 11.5. The third-order valence-electron chi connectivity index (χ3n) is 8.86. The van der Waals surface area contributed by atoms with Crippen LogP contribution in [0.3, 0.4) is 0 Å². The molecule has 5 heteroatoms. The number of aryl methyl sites for hydroxylation is 2. The van der Waals surface area contributed by atoms with Gasteiger partial charge in [0.25, 0.3) is 0 Å². The number of pyridine rings is 1. The van der Waals surface area contributed by atoms with E-state index in [-0.39, 0.29) is 42.5 Å². The summed E-state index contributed by atoms with van der Waals surface area (Å²) in [5.74, 6) is 0.104. The van der Waals surface area contributed by atoms with Gasteiger partial charge in [0, 0.05) is 48.6 Å². The van der Waals surface area contributed by atoms with Gasteiger partial charge in [-0.25, -0.2) is 0 Å². The van der Waals surface area contributed by atoms with Gasteiger partial charge in [-0.1, -0.05) is 99.6 Å². The zero-order valence-electron chi connectivity index (χ0n) is 29.0. The summed E-state index contributed by atoms with van der Waals surface area (Å²) in [6, 6.07) is 27.3. The Morgan fingerprint density at radius 2 is 1.47 bits per heavy atom. The minimum absolute atomic E-state index is 0. The Labute approximate surface area is 292 Å². The van der Waals surface area contributed by atoms with Crippen molar-refractivity contribution in [3.8, 4) is 28.5 Å². The molecule has 1 radical (unpaired) electrons. The van der Waals surface area contributed by atoms with Crippen molar-refractivity contribution in [2.75, 3.05) is 0 Å². The number of aliphatic hydroxyl groups excluding tert-OH is 1. The minimum Gasteiger partial charge on any atom is -0.512 e. The number of benzene rings is 4. The van der Waals surface area contributed by atoms with Gasteiger partial charge in [-0.05, 0) is 67.7 Å². The molecular weight excluding hydrogens is 757 g/mol. The molecule has 0 bridgehead atoms. The van der Waals surface area contributed by atoms with Gasteiger partial charge >= 0.3 is 0 Å². The number of ketones is 1. The van der Waals surface area contributed by atoms with Crippen molar-refractivity contribution in [3.05, 3.63) is 113 Å². The third kappa shape index (κ3) is 6.82. The number of rotatable bonds is 2. The van der Waals surface area contributed by atoms with Crippen LogP contribution in [-0.4, -0.2) is 15.9 Å². The maximum atomic E-state index is 11.5. The average molecular weight is 800 g/mol. The Morgan fingerprint density at radius 1 is 0.851 bits per heavy atom. The monoisotopic (exact) mass is 800 g/mol. The molecule has 0 saturated carbocycles. The molecule has 0 amide bonds. The second kappa shape index (κ2) is 12.8. The number of hydrogen-bond donors (Lipinski definition) is 1. The van der Waals surface area contributed by atoms with E-state index in [1.54, 1.807) is 0 Å². The van der Waals surface area contributed by atoms with E-state index in [1.165, 1.54) is 50.1 Å². The van der Waals surface area contributed by atoms with E-state index < -0.39 is 5.41 Å². The quantitative estimate of drug-likeness (QED) is 0.0835. The number of fused-ring (bicyclic) bond motifs is 7. The van der Waals surface area contributed by atoms with Crippen LogP contribution in [0.25, 0.3) is 43.9 Å². The molecule has 1 aliphatic carbocycles. The number of carbonyl (C=O) groups is 1. The standard InChI is InChI=1S/C31H23N2.C11H20O2.Ir/c1-18-13-19(2)15-21(14-18)30-27-10-9-25-22(23(27)11-12-33-30)7-8-26-24-6-5-20(17-32)16-28(24)31(3,4)29(25)26;1-10(2,3)8(12)7-9(13)11(4,5)6;/h5-14,16H,1-4H3;7,12H,1-6H3;/q-1;;/b;8-7-;. The van der Waals surface area contributed by atoms with Gasteiger partial charge in [0.05, 0.1) is 11.6 Å². The van der Waals surface area contributed by atoms with Gasteiger partial charge in [0.2, 0.25) is 0 Å². The SMILES string of the molecule is CC(C)(C)C(=O)/C=C(\O)C(C)(C)C.Cc1[c-]c(-c2nccc3c2ccc2c4c(ccc23)-c2ccc(C#N)cc2C4(C)C)cc(C)c1.[Ir]. The Hall–Kier alpha value is -4.10. The molecule has 1 aromatic heterocycles. The summed E-state index contributed by atoms with van der Waals surface area (Å²) >= 11 is 0. The van der Waals surface area contributed by atoms with Crippen LogP contribution in [0.1, 0.15) is 83.2 Å². The number of aromatic nitrogens is 1. The summed E-state index contributed by atoms with van der Waals surface area (Å²) in [7, 11) is 0. The molecule has 4 nitrogen and oxygen atoms in total. The average Bonchev–Trinajstić information content (AvgIpc) is 3.21. The predicted molar refractivity (Wildman–Crippen MR) is 190 cm³/mol. The van der Waals surface area contributed by atoms with Crippen molar-refractivity contribution in [1.29, 1.82) is 5.26 Å². The summed E-state index contributed by atoms with van der Waals surface area (Å²) in [5.41, 5.74) is 9.19. The first-order chi connectivity index (χ1) is 21.4. The number of aliphatic hydroxyl groups is 1. The number of allylic oxidation sites excluding steroid dienone is 2. The van der Waals surface area contributed by atoms with Crippen LogP contribution < -0.4 is 0 Å². The molecule has 0 saturated heterocycles. The first-order valence-electron chi connectivity index (χ1n) is 15.8. The molecule has 0 atom stereocenters. The number of nitriles is 1. The van der Waals surface area contributed by atoms with E-state index in [9.17, 15) is 15.2 Å². The van der Waals surface area contributed by atoms with Gasteiger partial charge < -0.3 is 10.1 Å². The largest absolute Gasteiger partial charge is 0.512 e. The van der Waals surface area contributed by atoms with Crippen LogP contribution in [-0.2, 0) is 30.3 Å². The van der Waals surface area contributed by atoms with Crippen molar-refractivity contribution in [2.45, 2.75) is 74.7 Å². The summed E-state index contributed by atoms with van der Waals surface area (Å²) in [5, 5.41) is 23.9. The molecule has 0 fully saturated rings. The second-order valence-corrected chi connectivity index (χ2v) is 15.0. The summed E-state index contributed by atoms with van der Waals surface area (Å²) in [4.78, 5) is 16.2. The molecule has 5 aromatic rings. The molecule has 1 aliphatic rings. The smallest absolute Gasteiger partial charge is 0.164 e. The molecule has 1 N–H and O–H groups in total. The van der Waals surface area contributed by atoms with Gasteiger partial charge in [0.15, 0.2) is 5.78 Å². The number of hydrogen-bond acceptors (Lipinski definition) is 4. The topological polar surface area (TPSA) is 74.0 Å². The van der Waals surface area contributed by atoms with Crippen molar-refractivity contribution < 1.29 is 30.0 Å². The summed E-state index contributed by atoms with van der Waals surface area (Å²) in [6.07, 6.45) is 3.24. The Kier molecular flexibility index (Phi) is 9.76. The van der Waals surface area contributed by atoms with Gasteiger partial charge in [-0.3, -0.25) is 4.79 Å². The fourth-order valence-electron chi connectivity index (χ4n) is 6.26. The molecule has 243 valence electrons. The van der Waals surface area contributed by atoms with Crippen molar-refractivity contribution >= 4 is 27.3 Å². The van der Waals surface area contributed by atoms with Gasteiger partial charge in [0.1, 0.15) is 5.76 Å². The second-order valence-electron chi connectivity index (χ2n) is 15.0. The van der Waals surface area contributed by atoms with E-state index in [2.05, 4.69) is 94.4 Å². The fraction of sp³-hybridized carbons (Fsp3) is 0.310.